The van der Waals surface area contributed by atoms with Gasteiger partial charge in [-0.15, -0.1) is 0 Å². The number of rotatable bonds is 2. The van der Waals surface area contributed by atoms with Gasteiger partial charge in [-0.1, -0.05) is 0 Å². The van der Waals surface area contributed by atoms with Crippen molar-refractivity contribution in [1.29, 1.82) is 0 Å². The fourth-order valence-corrected chi connectivity index (χ4v) is 3.74. The Labute approximate surface area is 160 Å². The van der Waals surface area contributed by atoms with Gasteiger partial charge < -0.3 is 19.1 Å². The Morgan fingerprint density at radius 3 is 2.57 bits per heavy atom. The number of anilines is 1. The van der Waals surface area contributed by atoms with E-state index < -0.39 is 5.60 Å². The number of aryl methyl sites for hydroxylation is 1. The van der Waals surface area contributed by atoms with Crippen LogP contribution in [-0.4, -0.2) is 53.1 Å². The van der Waals surface area contributed by atoms with E-state index in [-0.39, 0.29) is 29.8 Å². The Kier molecular flexibility index (Phi) is 4.50. The second-order valence-corrected chi connectivity index (χ2v) is 7.27. The van der Waals surface area contributed by atoms with Gasteiger partial charge in [0.1, 0.15) is 18.0 Å². The van der Waals surface area contributed by atoms with Gasteiger partial charge in [0.25, 0.3) is 11.8 Å². The maximum absolute atomic E-state index is 13.2. The summed E-state index contributed by atoms with van der Waals surface area (Å²) in [4.78, 5) is 39.9. The zero-order valence-electron chi connectivity index (χ0n) is 15.4. The zero-order chi connectivity index (χ0) is 19.9. The van der Waals surface area contributed by atoms with E-state index in [0.717, 1.165) is 0 Å². The van der Waals surface area contributed by atoms with Crippen molar-refractivity contribution >= 4 is 17.5 Å². The summed E-state index contributed by atoms with van der Waals surface area (Å²) in [5, 5.41) is 0. The monoisotopic (exact) mass is 385 g/mol. The molecule has 2 aliphatic heterocycles. The summed E-state index contributed by atoms with van der Waals surface area (Å²) in [7, 11) is 1.60. The maximum Gasteiger partial charge on any atom is 0.255 e. The molecule has 1 unspecified atom stereocenters. The minimum absolute atomic E-state index is 0.0841. The van der Waals surface area contributed by atoms with E-state index in [4.69, 9.17) is 4.74 Å². The van der Waals surface area contributed by atoms with Crippen LogP contribution in [0.4, 0.5) is 10.1 Å². The second-order valence-electron chi connectivity index (χ2n) is 7.27. The van der Waals surface area contributed by atoms with E-state index in [1.54, 1.807) is 29.0 Å². The van der Waals surface area contributed by atoms with E-state index in [2.05, 4.69) is 0 Å². The first-order chi connectivity index (χ1) is 13.4. The quantitative estimate of drug-likeness (QED) is 0.778. The molecule has 0 aliphatic carbocycles. The normalized spacial score (nSPS) is 22.1. The predicted molar refractivity (Wildman–Crippen MR) is 99.6 cm³/mol. The van der Waals surface area contributed by atoms with E-state index in [0.29, 0.717) is 37.3 Å². The number of carbonyl (C=O) groups is 2. The number of benzene rings is 1. The van der Waals surface area contributed by atoms with Crippen LogP contribution in [0.25, 0.3) is 0 Å². The number of nitrogens with zero attached hydrogens (tertiary/aromatic N) is 3. The molecule has 2 amide bonds. The number of carbonyl (C=O) groups excluding carboxylic acids is 2. The molecule has 1 atom stereocenters. The number of pyridine rings is 1. The summed E-state index contributed by atoms with van der Waals surface area (Å²) >= 11 is 0. The number of hydrogen-bond acceptors (Lipinski definition) is 4. The van der Waals surface area contributed by atoms with Gasteiger partial charge in [-0.3, -0.25) is 14.4 Å². The lowest BCUT2D eigenvalue weighted by molar-refractivity contribution is -0.137. The molecule has 1 spiro atoms. The van der Waals surface area contributed by atoms with Gasteiger partial charge >= 0.3 is 0 Å². The minimum Gasteiger partial charge on any atom is -0.361 e. The van der Waals surface area contributed by atoms with Crippen LogP contribution in [0.5, 0.6) is 0 Å². The standard InChI is InChI=1S/C20H20FN3O4/c1-22-10-14(2-7-17(22)25)19(27)23-9-8-20(12-23)13-24(18(26)11-28-20)16-5-3-15(21)4-6-16/h2-7,10H,8-9,11-13H2,1H3. The Morgan fingerprint density at radius 2 is 1.86 bits per heavy atom. The molecular formula is C20H20FN3O4. The fraction of sp³-hybridized carbons (Fsp3) is 0.350. The van der Waals surface area contributed by atoms with Crippen molar-refractivity contribution in [1.82, 2.24) is 9.47 Å². The third kappa shape index (κ3) is 3.31. The Morgan fingerprint density at radius 1 is 1.11 bits per heavy atom. The number of amides is 2. The molecule has 2 saturated heterocycles. The zero-order valence-corrected chi connectivity index (χ0v) is 15.4. The van der Waals surface area contributed by atoms with Crippen molar-refractivity contribution in [3.63, 3.8) is 0 Å². The first kappa shape index (κ1) is 18.4. The summed E-state index contributed by atoms with van der Waals surface area (Å²) in [6.07, 6.45) is 2.11. The van der Waals surface area contributed by atoms with Crippen molar-refractivity contribution in [2.45, 2.75) is 12.0 Å². The third-order valence-corrected chi connectivity index (χ3v) is 5.32. The molecule has 3 heterocycles. The molecule has 2 aliphatic rings. The number of hydrogen-bond donors (Lipinski definition) is 0. The number of aromatic nitrogens is 1. The molecular weight excluding hydrogens is 365 g/mol. The minimum atomic E-state index is -0.654. The van der Waals surface area contributed by atoms with Gasteiger partial charge in [-0.25, -0.2) is 4.39 Å². The molecule has 146 valence electrons. The first-order valence-electron chi connectivity index (χ1n) is 9.03. The lowest BCUT2D eigenvalue weighted by atomic mass is 10.00. The lowest BCUT2D eigenvalue weighted by Gasteiger charge is -2.40. The van der Waals surface area contributed by atoms with Crippen molar-refractivity contribution < 1.29 is 18.7 Å². The van der Waals surface area contributed by atoms with E-state index in [9.17, 15) is 18.8 Å². The summed E-state index contributed by atoms with van der Waals surface area (Å²) in [6.45, 7) is 1.06. The van der Waals surface area contributed by atoms with Crippen LogP contribution in [0.3, 0.4) is 0 Å². The number of likely N-dealkylation sites (tertiary alicyclic amines) is 1. The van der Waals surface area contributed by atoms with Crippen molar-refractivity contribution in [2.75, 3.05) is 31.1 Å². The molecule has 1 aromatic heterocycles. The molecule has 0 saturated carbocycles. The Hall–Kier alpha value is -3.00. The molecule has 2 fully saturated rings. The summed E-state index contributed by atoms with van der Waals surface area (Å²) < 4.78 is 20.4. The second kappa shape index (κ2) is 6.87. The lowest BCUT2D eigenvalue weighted by Crippen LogP contribution is -2.56. The van der Waals surface area contributed by atoms with Crippen LogP contribution < -0.4 is 10.5 Å². The molecule has 28 heavy (non-hydrogen) atoms. The van der Waals surface area contributed by atoms with E-state index >= 15 is 0 Å². The van der Waals surface area contributed by atoms with Crippen LogP contribution in [0, 0.1) is 5.82 Å². The summed E-state index contributed by atoms with van der Waals surface area (Å²) in [5.41, 5.74) is 0.204. The average Bonchev–Trinajstić information content (AvgIpc) is 3.10. The van der Waals surface area contributed by atoms with E-state index in [1.807, 2.05) is 0 Å². The molecule has 1 aromatic carbocycles. The first-order valence-corrected chi connectivity index (χ1v) is 9.03. The topological polar surface area (TPSA) is 71.8 Å². The highest BCUT2D eigenvalue weighted by Gasteiger charge is 2.46. The highest BCUT2D eigenvalue weighted by atomic mass is 19.1. The van der Waals surface area contributed by atoms with Gasteiger partial charge in [0.05, 0.1) is 18.7 Å². The molecule has 0 N–H and O–H groups in total. The third-order valence-electron chi connectivity index (χ3n) is 5.32. The van der Waals surface area contributed by atoms with Crippen LogP contribution in [0.2, 0.25) is 0 Å². The van der Waals surface area contributed by atoms with Crippen molar-refractivity contribution in [3.8, 4) is 0 Å². The average molecular weight is 385 g/mol. The van der Waals surface area contributed by atoms with E-state index in [1.165, 1.54) is 35.0 Å². The Bertz CT molecular complexity index is 988. The molecule has 4 rings (SSSR count). The van der Waals surface area contributed by atoms with Gasteiger partial charge in [-0.2, -0.15) is 0 Å². The largest absolute Gasteiger partial charge is 0.361 e. The number of morpholine rings is 1. The Balaban J connectivity index is 1.52. The molecule has 7 nitrogen and oxygen atoms in total. The molecule has 0 radical (unpaired) electrons. The van der Waals surface area contributed by atoms with Gasteiger partial charge in [0.15, 0.2) is 0 Å². The van der Waals surface area contributed by atoms with Crippen molar-refractivity contribution in [2.24, 2.45) is 7.05 Å². The van der Waals surface area contributed by atoms with Crippen LogP contribution in [-0.2, 0) is 16.6 Å². The van der Waals surface area contributed by atoms with Crippen molar-refractivity contribution in [3.05, 3.63) is 64.3 Å². The highest BCUT2D eigenvalue weighted by molar-refractivity contribution is 5.96. The van der Waals surface area contributed by atoms with Gasteiger partial charge in [0.2, 0.25) is 5.56 Å². The number of halogens is 1. The van der Waals surface area contributed by atoms with Gasteiger partial charge in [0, 0.05) is 31.5 Å². The van der Waals surface area contributed by atoms with Crippen LogP contribution in [0.1, 0.15) is 16.8 Å². The van der Waals surface area contributed by atoms with Gasteiger partial charge in [-0.05, 0) is 36.8 Å². The SMILES string of the molecule is Cn1cc(C(=O)N2CCC3(C2)CN(c2ccc(F)cc2)C(=O)CO3)ccc1=O. The smallest absolute Gasteiger partial charge is 0.255 e. The van der Waals surface area contributed by atoms with Crippen LogP contribution >= 0.6 is 0 Å². The number of ether oxygens (including phenoxy) is 1. The summed E-state index contributed by atoms with van der Waals surface area (Å²) in [5.74, 6) is -0.740. The van der Waals surface area contributed by atoms with Crippen LogP contribution in [0.15, 0.2) is 47.4 Å². The molecule has 0 bridgehead atoms. The molecule has 2 aromatic rings. The fourth-order valence-electron chi connectivity index (χ4n) is 3.74. The molecule has 8 heteroatoms. The summed E-state index contributed by atoms with van der Waals surface area (Å²) in [6, 6.07) is 8.64. The highest BCUT2D eigenvalue weighted by Crippen LogP contribution is 2.32. The predicted octanol–water partition coefficient (Wildman–Crippen LogP) is 1.17. The maximum atomic E-state index is 13.2.